The van der Waals surface area contributed by atoms with E-state index >= 15 is 0 Å². The van der Waals surface area contributed by atoms with Crippen LogP contribution in [0.15, 0.2) is 0 Å². The molecule has 2 unspecified atom stereocenters. The Hall–Kier alpha value is 0.690. The van der Waals surface area contributed by atoms with Gasteiger partial charge in [0.05, 0.1) is 0 Å². The molecule has 0 bridgehead atoms. The summed E-state index contributed by atoms with van der Waals surface area (Å²) in [7, 11) is 0. The average molecular weight is 307 g/mol. The van der Waals surface area contributed by atoms with Crippen molar-refractivity contribution in [2.24, 2.45) is 23.2 Å². The highest BCUT2D eigenvalue weighted by Gasteiger charge is 2.44. The van der Waals surface area contributed by atoms with Gasteiger partial charge in [0.15, 0.2) is 0 Å². The molecule has 2 rings (SSSR count). The van der Waals surface area contributed by atoms with E-state index in [-0.39, 0.29) is 0 Å². The van der Waals surface area contributed by atoms with Gasteiger partial charge in [0, 0.05) is 36.0 Å². The quantitative estimate of drug-likeness (QED) is 0.487. The minimum atomic E-state index is 0.616. The average Bonchev–Trinajstić information content (AvgIpc) is 2.07. The minimum absolute atomic E-state index is 0.616. The van der Waals surface area contributed by atoms with E-state index in [1.54, 1.807) is 0 Å². The number of fused-ring (bicyclic) bond motifs is 1. The molecule has 2 fully saturated rings. The zero-order valence-corrected chi connectivity index (χ0v) is 11.8. The monoisotopic (exact) mass is 307 g/mol. The van der Waals surface area contributed by atoms with Crippen LogP contribution in [-0.2, 0) is 0 Å². The van der Waals surface area contributed by atoms with Gasteiger partial charge in [-0.15, -0.1) is 0 Å². The molecule has 2 aliphatic rings. The summed E-state index contributed by atoms with van der Waals surface area (Å²) in [6.45, 7) is 10.0. The molecule has 1 aliphatic carbocycles. The molecule has 82 valence electrons. The van der Waals surface area contributed by atoms with Crippen molar-refractivity contribution in [2.75, 3.05) is 13.1 Å². The SMILES string of the molecule is CC1C[C@@H]2CCN(I)CC2(C)C[C@@H]1C. The molecule has 1 saturated carbocycles. The zero-order valence-electron chi connectivity index (χ0n) is 9.59. The maximum absolute atomic E-state index is 2.52. The van der Waals surface area contributed by atoms with Crippen LogP contribution in [0.2, 0.25) is 0 Å². The molecule has 1 heterocycles. The smallest absolute Gasteiger partial charge is 0.0201 e. The second kappa shape index (κ2) is 3.93. The molecule has 4 atom stereocenters. The second-order valence-corrected chi connectivity index (χ2v) is 7.24. The van der Waals surface area contributed by atoms with Gasteiger partial charge in [-0.25, -0.2) is 3.11 Å². The van der Waals surface area contributed by atoms with Gasteiger partial charge in [-0.1, -0.05) is 20.8 Å². The van der Waals surface area contributed by atoms with Crippen molar-refractivity contribution in [3.05, 3.63) is 0 Å². The topological polar surface area (TPSA) is 3.24 Å². The van der Waals surface area contributed by atoms with Crippen molar-refractivity contribution < 1.29 is 0 Å². The Morgan fingerprint density at radius 1 is 1.29 bits per heavy atom. The van der Waals surface area contributed by atoms with E-state index < -0.39 is 0 Å². The molecule has 1 nitrogen and oxygen atoms in total. The predicted molar refractivity (Wildman–Crippen MR) is 69.4 cm³/mol. The van der Waals surface area contributed by atoms with Crippen molar-refractivity contribution in [3.8, 4) is 0 Å². The van der Waals surface area contributed by atoms with Gasteiger partial charge < -0.3 is 0 Å². The van der Waals surface area contributed by atoms with E-state index in [0.717, 1.165) is 17.8 Å². The molecule has 14 heavy (non-hydrogen) atoms. The summed E-state index contributed by atoms with van der Waals surface area (Å²) in [6.07, 6.45) is 4.34. The number of halogens is 1. The third kappa shape index (κ3) is 1.97. The Bertz CT molecular complexity index is 218. The fourth-order valence-electron chi connectivity index (χ4n) is 3.50. The largest absolute Gasteiger partial charge is 0.247 e. The lowest BCUT2D eigenvalue weighted by atomic mass is 9.59. The Balaban J connectivity index is 2.11. The molecular weight excluding hydrogens is 285 g/mol. The molecule has 0 N–H and O–H groups in total. The summed E-state index contributed by atoms with van der Waals surface area (Å²) in [5.74, 6) is 2.88. The number of rotatable bonds is 0. The van der Waals surface area contributed by atoms with Crippen LogP contribution < -0.4 is 0 Å². The van der Waals surface area contributed by atoms with E-state index in [4.69, 9.17) is 0 Å². The van der Waals surface area contributed by atoms with E-state index in [1.807, 2.05) is 0 Å². The van der Waals surface area contributed by atoms with Crippen molar-refractivity contribution in [3.63, 3.8) is 0 Å². The van der Waals surface area contributed by atoms with Gasteiger partial charge in [-0.3, -0.25) is 0 Å². The lowest BCUT2D eigenvalue weighted by Crippen LogP contribution is -2.48. The highest BCUT2D eigenvalue weighted by Crippen LogP contribution is 2.50. The molecule has 2 heteroatoms. The van der Waals surface area contributed by atoms with Gasteiger partial charge in [0.25, 0.3) is 0 Å². The Kier molecular flexibility index (Phi) is 3.14. The number of hydrogen-bond acceptors (Lipinski definition) is 1. The van der Waals surface area contributed by atoms with Crippen LogP contribution in [0.4, 0.5) is 0 Å². The van der Waals surface area contributed by atoms with E-state index in [0.29, 0.717) is 5.41 Å². The summed E-state index contributed by atoms with van der Waals surface area (Å²) < 4.78 is 2.50. The lowest BCUT2D eigenvalue weighted by molar-refractivity contribution is 0.00322. The molecular formula is C12H22IN. The number of hydrogen-bond donors (Lipinski definition) is 0. The molecule has 1 saturated heterocycles. The molecule has 0 radical (unpaired) electrons. The van der Waals surface area contributed by atoms with Crippen molar-refractivity contribution in [1.29, 1.82) is 0 Å². The first kappa shape index (κ1) is 11.2. The van der Waals surface area contributed by atoms with E-state index in [9.17, 15) is 0 Å². The molecule has 0 aromatic rings. The van der Waals surface area contributed by atoms with E-state index in [2.05, 4.69) is 46.7 Å². The van der Waals surface area contributed by atoms with Crippen molar-refractivity contribution in [1.82, 2.24) is 3.11 Å². The Labute approximate surface area is 102 Å². The molecule has 0 aromatic heterocycles. The third-order valence-corrected chi connectivity index (χ3v) is 5.48. The van der Waals surface area contributed by atoms with Gasteiger partial charge >= 0.3 is 0 Å². The number of nitrogens with zero attached hydrogens (tertiary/aromatic N) is 1. The fourth-order valence-corrected chi connectivity index (χ4v) is 4.55. The van der Waals surface area contributed by atoms with Crippen LogP contribution in [0, 0.1) is 23.2 Å². The molecule has 1 aliphatic heterocycles. The van der Waals surface area contributed by atoms with Crippen LogP contribution in [0.3, 0.4) is 0 Å². The van der Waals surface area contributed by atoms with Crippen molar-refractivity contribution in [2.45, 2.75) is 40.0 Å². The van der Waals surface area contributed by atoms with Gasteiger partial charge in [0.2, 0.25) is 0 Å². The Morgan fingerprint density at radius 3 is 2.71 bits per heavy atom. The summed E-state index contributed by atoms with van der Waals surface area (Å²) in [4.78, 5) is 0. The fraction of sp³-hybridized carbons (Fsp3) is 1.00. The lowest BCUT2D eigenvalue weighted by Gasteiger charge is -2.51. The highest BCUT2D eigenvalue weighted by atomic mass is 127. The van der Waals surface area contributed by atoms with Crippen LogP contribution in [0.1, 0.15) is 40.0 Å². The van der Waals surface area contributed by atoms with Crippen LogP contribution >= 0.6 is 22.9 Å². The van der Waals surface area contributed by atoms with E-state index in [1.165, 1.54) is 32.4 Å². The normalized spacial score (nSPS) is 50.1. The first-order chi connectivity index (χ1) is 6.51. The first-order valence-corrected chi connectivity index (χ1v) is 6.88. The summed E-state index contributed by atoms with van der Waals surface area (Å²) >= 11 is 2.50. The van der Waals surface area contributed by atoms with Crippen LogP contribution in [-0.4, -0.2) is 16.2 Å². The van der Waals surface area contributed by atoms with Crippen molar-refractivity contribution >= 4 is 22.9 Å². The molecule has 0 amide bonds. The van der Waals surface area contributed by atoms with Gasteiger partial charge in [0.1, 0.15) is 0 Å². The highest BCUT2D eigenvalue weighted by molar-refractivity contribution is 14.1. The zero-order chi connectivity index (χ0) is 10.3. The molecule has 0 spiro atoms. The summed E-state index contributed by atoms with van der Waals surface area (Å²) in [5, 5.41) is 0. The van der Waals surface area contributed by atoms with Crippen LogP contribution in [0.25, 0.3) is 0 Å². The Morgan fingerprint density at radius 2 is 2.00 bits per heavy atom. The number of piperidine rings is 1. The maximum Gasteiger partial charge on any atom is 0.0201 e. The third-order valence-electron chi connectivity index (χ3n) is 4.65. The molecule has 0 aromatic carbocycles. The summed E-state index contributed by atoms with van der Waals surface area (Å²) in [6, 6.07) is 0. The first-order valence-electron chi connectivity index (χ1n) is 5.92. The minimum Gasteiger partial charge on any atom is -0.247 e. The summed E-state index contributed by atoms with van der Waals surface area (Å²) in [5.41, 5.74) is 0.616. The standard InChI is InChI=1S/C12H22IN/c1-9-6-11-4-5-14(13)8-12(11,3)7-10(9)2/h9-11H,4-8H2,1-3H3/t9?,10-,11-,12?/m0/s1. The van der Waals surface area contributed by atoms with Crippen LogP contribution in [0.5, 0.6) is 0 Å². The second-order valence-electron chi connectivity index (χ2n) is 5.88. The van der Waals surface area contributed by atoms with Gasteiger partial charge in [-0.05, 0) is 42.4 Å². The van der Waals surface area contributed by atoms with Gasteiger partial charge in [-0.2, -0.15) is 0 Å². The maximum atomic E-state index is 2.52. The predicted octanol–water partition coefficient (Wildman–Crippen LogP) is 3.73.